The summed E-state index contributed by atoms with van der Waals surface area (Å²) < 4.78 is 29.0. The van der Waals surface area contributed by atoms with Crippen LogP contribution in [0.4, 0.5) is 11.4 Å². The number of carbonyl (C=O) groups is 2. The minimum absolute atomic E-state index is 0.257. The molecule has 0 unspecified atom stereocenters. The monoisotopic (exact) mass is 522 g/mol. The maximum Gasteiger partial charge on any atom is 0.339 e. The minimum atomic E-state index is -3.92. The second-order valence-electron chi connectivity index (χ2n) is 7.06. The molecule has 12 heteroatoms. The van der Waals surface area contributed by atoms with Gasteiger partial charge in [0.15, 0.2) is 9.84 Å². The third-order valence-corrected chi connectivity index (χ3v) is 6.07. The van der Waals surface area contributed by atoms with Crippen LogP contribution in [0, 0.1) is 10.1 Å². The van der Waals surface area contributed by atoms with Crippen LogP contribution in [0.25, 0.3) is 0 Å². The van der Waals surface area contributed by atoms with Gasteiger partial charge in [-0.3, -0.25) is 14.9 Å². The van der Waals surface area contributed by atoms with Gasteiger partial charge in [-0.25, -0.2) is 13.2 Å². The largest absolute Gasteiger partial charge is 0.444 e. The molecule has 0 bridgehead atoms. The zero-order chi connectivity index (χ0) is 25.0. The van der Waals surface area contributed by atoms with Crippen LogP contribution in [0.5, 0.6) is 0 Å². The van der Waals surface area contributed by atoms with E-state index in [0.717, 1.165) is 24.5 Å². The standard InChI is InChI=1S/C22H16Cl2N2O7S/c1-34(31,32)19-8-7-14(9-18(19)26(29)30)22(28)33-20(13-5-3-2-4-6-13)21(27)25-17-11-15(23)10-16(24)12-17/h2-12,20H,1H3,(H,25,27)/t20-/m0/s1. The van der Waals surface area contributed by atoms with Crippen molar-refractivity contribution in [3.63, 3.8) is 0 Å². The van der Waals surface area contributed by atoms with Gasteiger partial charge >= 0.3 is 5.97 Å². The molecule has 0 aliphatic carbocycles. The topological polar surface area (TPSA) is 133 Å². The zero-order valence-corrected chi connectivity index (χ0v) is 19.7. The number of sulfone groups is 1. The van der Waals surface area contributed by atoms with Gasteiger partial charge in [0, 0.05) is 33.6 Å². The molecule has 0 saturated carbocycles. The quantitative estimate of drug-likeness (QED) is 0.266. The minimum Gasteiger partial charge on any atom is -0.444 e. The molecule has 176 valence electrons. The molecule has 0 heterocycles. The Kier molecular flexibility index (Phi) is 7.55. The van der Waals surface area contributed by atoms with E-state index in [2.05, 4.69) is 5.32 Å². The van der Waals surface area contributed by atoms with Crippen molar-refractivity contribution in [2.45, 2.75) is 11.0 Å². The molecule has 3 aromatic rings. The van der Waals surface area contributed by atoms with E-state index in [1.807, 2.05) is 0 Å². The number of anilines is 1. The summed E-state index contributed by atoms with van der Waals surface area (Å²) in [7, 11) is -3.92. The first-order valence-electron chi connectivity index (χ1n) is 9.47. The number of halogens is 2. The van der Waals surface area contributed by atoms with Crippen molar-refractivity contribution in [2.75, 3.05) is 11.6 Å². The fraction of sp³-hybridized carbons (Fsp3) is 0.0909. The predicted molar refractivity (Wildman–Crippen MR) is 126 cm³/mol. The van der Waals surface area contributed by atoms with Crippen LogP contribution in [0.15, 0.2) is 71.6 Å². The lowest BCUT2D eigenvalue weighted by molar-refractivity contribution is -0.387. The number of hydrogen-bond acceptors (Lipinski definition) is 7. The Morgan fingerprint density at radius 2 is 1.62 bits per heavy atom. The molecular weight excluding hydrogens is 507 g/mol. The van der Waals surface area contributed by atoms with Gasteiger partial charge in [0.1, 0.15) is 4.90 Å². The molecule has 9 nitrogen and oxygen atoms in total. The van der Waals surface area contributed by atoms with Gasteiger partial charge in [0.05, 0.1) is 10.5 Å². The fourth-order valence-corrected chi connectivity index (χ4v) is 4.36. The molecule has 0 fully saturated rings. The molecule has 0 spiro atoms. The van der Waals surface area contributed by atoms with E-state index in [-0.39, 0.29) is 21.3 Å². The smallest absolute Gasteiger partial charge is 0.339 e. The molecule has 34 heavy (non-hydrogen) atoms. The first kappa shape index (κ1) is 25.2. The van der Waals surface area contributed by atoms with Crippen LogP contribution in [0.3, 0.4) is 0 Å². The Morgan fingerprint density at radius 1 is 1.00 bits per heavy atom. The molecule has 0 aliphatic rings. The van der Waals surface area contributed by atoms with Crippen LogP contribution in [-0.4, -0.2) is 31.5 Å². The number of nitro benzene ring substituents is 1. The average molecular weight is 523 g/mol. The van der Waals surface area contributed by atoms with E-state index in [9.17, 15) is 28.1 Å². The normalized spacial score (nSPS) is 12.0. The number of hydrogen-bond donors (Lipinski definition) is 1. The van der Waals surface area contributed by atoms with Gasteiger partial charge in [0.25, 0.3) is 11.6 Å². The van der Waals surface area contributed by atoms with Crippen LogP contribution in [0.2, 0.25) is 10.0 Å². The maximum atomic E-state index is 13.0. The second-order valence-corrected chi connectivity index (χ2v) is 9.91. The van der Waals surface area contributed by atoms with Gasteiger partial charge in [0.2, 0.25) is 6.10 Å². The van der Waals surface area contributed by atoms with E-state index in [1.54, 1.807) is 30.3 Å². The first-order valence-corrected chi connectivity index (χ1v) is 12.1. The molecule has 0 aromatic heterocycles. The van der Waals surface area contributed by atoms with Gasteiger partial charge in [-0.05, 0) is 30.3 Å². The van der Waals surface area contributed by atoms with Crippen LogP contribution in [0.1, 0.15) is 22.0 Å². The second kappa shape index (κ2) is 10.2. The van der Waals surface area contributed by atoms with E-state index in [0.29, 0.717) is 5.56 Å². The SMILES string of the molecule is CS(=O)(=O)c1ccc(C(=O)O[C@H](C(=O)Nc2cc(Cl)cc(Cl)c2)c2ccccc2)cc1[N+](=O)[O-]. The number of nitro groups is 1. The predicted octanol–water partition coefficient (Wildman–Crippen LogP) is 4.84. The molecule has 0 saturated heterocycles. The number of nitrogens with zero attached hydrogens (tertiary/aromatic N) is 1. The third-order valence-electron chi connectivity index (χ3n) is 4.49. The van der Waals surface area contributed by atoms with Gasteiger partial charge in [-0.1, -0.05) is 53.5 Å². The highest BCUT2D eigenvalue weighted by molar-refractivity contribution is 7.90. The van der Waals surface area contributed by atoms with Gasteiger partial charge in [-0.15, -0.1) is 0 Å². The molecule has 1 N–H and O–H groups in total. The first-order chi connectivity index (χ1) is 16.0. The molecule has 0 radical (unpaired) electrons. The molecule has 3 aromatic carbocycles. The summed E-state index contributed by atoms with van der Waals surface area (Å²) in [6.45, 7) is 0. The average Bonchev–Trinajstić information content (AvgIpc) is 2.76. The number of nitrogens with one attached hydrogen (secondary N) is 1. The van der Waals surface area contributed by atoms with Gasteiger partial charge < -0.3 is 10.1 Å². The number of amides is 1. The van der Waals surface area contributed by atoms with Gasteiger partial charge in [-0.2, -0.15) is 0 Å². The lowest BCUT2D eigenvalue weighted by atomic mass is 10.1. The zero-order valence-electron chi connectivity index (χ0n) is 17.4. The summed E-state index contributed by atoms with van der Waals surface area (Å²) >= 11 is 11.9. The summed E-state index contributed by atoms with van der Waals surface area (Å²) in [6.07, 6.45) is -0.634. The van der Waals surface area contributed by atoms with Crippen LogP contribution >= 0.6 is 23.2 Å². The Morgan fingerprint density at radius 3 is 2.18 bits per heavy atom. The molecule has 1 amide bonds. The summed E-state index contributed by atoms with van der Waals surface area (Å²) in [5, 5.41) is 14.5. The summed E-state index contributed by atoms with van der Waals surface area (Å²) in [6, 6.07) is 15.2. The van der Waals surface area contributed by atoms with E-state index in [4.69, 9.17) is 27.9 Å². The number of rotatable bonds is 7. The molecule has 1 atom stereocenters. The highest BCUT2D eigenvalue weighted by Crippen LogP contribution is 2.28. The van der Waals surface area contributed by atoms with E-state index in [1.165, 1.54) is 18.2 Å². The van der Waals surface area contributed by atoms with Crippen LogP contribution in [-0.2, 0) is 19.4 Å². The Balaban J connectivity index is 1.94. The van der Waals surface area contributed by atoms with Crippen molar-refractivity contribution in [3.8, 4) is 0 Å². The van der Waals surface area contributed by atoms with E-state index < -0.39 is 43.3 Å². The Hall–Kier alpha value is -3.47. The van der Waals surface area contributed by atoms with Crippen molar-refractivity contribution in [3.05, 3.63) is 98.0 Å². The molecule has 0 aliphatic heterocycles. The van der Waals surface area contributed by atoms with Crippen LogP contribution < -0.4 is 5.32 Å². The number of ether oxygens (including phenoxy) is 1. The van der Waals surface area contributed by atoms with Crippen molar-refractivity contribution >= 4 is 56.3 Å². The highest BCUT2D eigenvalue weighted by atomic mass is 35.5. The van der Waals surface area contributed by atoms with Crippen molar-refractivity contribution < 1.29 is 27.7 Å². The number of benzene rings is 3. The van der Waals surface area contributed by atoms with Crippen molar-refractivity contribution in [2.24, 2.45) is 0 Å². The van der Waals surface area contributed by atoms with Crippen molar-refractivity contribution in [1.29, 1.82) is 0 Å². The molecular formula is C22H16Cl2N2O7S. The number of esters is 1. The highest BCUT2D eigenvalue weighted by Gasteiger charge is 2.29. The number of carbonyl (C=O) groups excluding carboxylic acids is 2. The lowest BCUT2D eigenvalue weighted by Crippen LogP contribution is -2.26. The van der Waals surface area contributed by atoms with Crippen molar-refractivity contribution in [1.82, 2.24) is 0 Å². The summed E-state index contributed by atoms with van der Waals surface area (Å²) in [5.74, 6) is -1.81. The van der Waals surface area contributed by atoms with E-state index >= 15 is 0 Å². The summed E-state index contributed by atoms with van der Waals surface area (Å²) in [4.78, 5) is 35.7. The fourth-order valence-electron chi connectivity index (χ4n) is 3.01. The third kappa shape index (κ3) is 6.10. The summed E-state index contributed by atoms with van der Waals surface area (Å²) in [5.41, 5.74) is -0.513. The molecule has 3 rings (SSSR count). The Labute approximate surface area is 204 Å². The Bertz CT molecular complexity index is 1360. The lowest BCUT2D eigenvalue weighted by Gasteiger charge is -2.18. The maximum absolute atomic E-state index is 13.0.